The largest absolute Gasteiger partial charge is 0.493 e. The maximum absolute atomic E-state index is 13.9. The quantitative estimate of drug-likeness (QED) is 0.578. The number of carbonyl (C=O) groups is 2. The third kappa shape index (κ3) is 4.30. The number of nitrogens with zero attached hydrogens (tertiary/aromatic N) is 2. The molecule has 4 aliphatic rings. The Hall–Kier alpha value is -2.62. The summed E-state index contributed by atoms with van der Waals surface area (Å²) in [5.41, 5.74) is 1.17. The number of hydrogen-bond acceptors (Lipinski definition) is 8. The molecule has 1 aromatic carbocycles. The summed E-state index contributed by atoms with van der Waals surface area (Å²) in [4.78, 5) is 31.7. The number of amides is 1. The Morgan fingerprint density at radius 1 is 1.03 bits per heavy atom. The molecule has 0 aromatic heterocycles. The highest BCUT2D eigenvalue weighted by Gasteiger charge is 2.53. The van der Waals surface area contributed by atoms with Crippen LogP contribution < -0.4 is 9.47 Å². The molecule has 4 atom stereocenters. The fourth-order valence-corrected chi connectivity index (χ4v) is 5.85. The van der Waals surface area contributed by atoms with Gasteiger partial charge < -0.3 is 28.6 Å². The van der Waals surface area contributed by atoms with Crippen LogP contribution in [-0.4, -0.2) is 94.4 Å². The first kappa shape index (κ1) is 24.1. The van der Waals surface area contributed by atoms with E-state index in [-0.39, 0.29) is 35.6 Å². The van der Waals surface area contributed by atoms with Crippen LogP contribution in [0.1, 0.15) is 30.9 Å². The molecule has 0 spiro atoms. The summed E-state index contributed by atoms with van der Waals surface area (Å²) in [5, 5.41) is 0. The Labute approximate surface area is 205 Å². The van der Waals surface area contributed by atoms with Crippen molar-refractivity contribution in [3.63, 3.8) is 0 Å². The van der Waals surface area contributed by atoms with Gasteiger partial charge in [0.1, 0.15) is 6.10 Å². The van der Waals surface area contributed by atoms with Crippen LogP contribution in [0, 0.1) is 5.92 Å². The molecule has 5 rings (SSSR count). The lowest BCUT2D eigenvalue weighted by atomic mass is 9.76. The van der Waals surface area contributed by atoms with Crippen LogP contribution >= 0.6 is 0 Å². The first-order valence-corrected chi connectivity index (χ1v) is 12.4. The van der Waals surface area contributed by atoms with E-state index in [0.29, 0.717) is 56.2 Å². The van der Waals surface area contributed by atoms with Crippen molar-refractivity contribution in [2.24, 2.45) is 5.92 Å². The molecule has 0 radical (unpaired) electrons. The Bertz CT molecular complexity index is 1000. The van der Waals surface area contributed by atoms with E-state index in [1.54, 1.807) is 26.2 Å². The molecule has 1 aliphatic carbocycles. The molecule has 190 valence electrons. The highest BCUT2D eigenvalue weighted by atomic mass is 16.5. The lowest BCUT2D eigenvalue weighted by Crippen LogP contribution is -2.43. The highest BCUT2D eigenvalue weighted by Crippen LogP contribution is 2.50. The Morgan fingerprint density at radius 2 is 1.83 bits per heavy atom. The van der Waals surface area contributed by atoms with Crippen LogP contribution in [0.25, 0.3) is 0 Å². The zero-order chi connectivity index (χ0) is 24.5. The maximum atomic E-state index is 13.9. The second-order valence-corrected chi connectivity index (χ2v) is 9.48. The van der Waals surface area contributed by atoms with Crippen LogP contribution in [0.4, 0.5) is 0 Å². The molecular formula is C26H34N2O7. The van der Waals surface area contributed by atoms with Gasteiger partial charge in [0.25, 0.3) is 5.91 Å². The third-order valence-corrected chi connectivity index (χ3v) is 7.72. The van der Waals surface area contributed by atoms with Gasteiger partial charge in [-0.15, -0.1) is 0 Å². The van der Waals surface area contributed by atoms with Crippen LogP contribution in [0.5, 0.6) is 11.5 Å². The van der Waals surface area contributed by atoms with Gasteiger partial charge in [0.15, 0.2) is 23.0 Å². The minimum atomic E-state index is -0.586. The number of Topliss-reactive ketones (excluding diaryl/α,β-unsaturated/α-hetero) is 1. The lowest BCUT2D eigenvalue weighted by molar-refractivity contribution is -0.138. The summed E-state index contributed by atoms with van der Waals surface area (Å²) in [6.45, 7) is 4.15. The Kier molecular flexibility index (Phi) is 7.00. The average Bonchev–Trinajstić information content (AvgIpc) is 3.18. The highest BCUT2D eigenvalue weighted by molar-refractivity contribution is 6.11. The van der Waals surface area contributed by atoms with E-state index < -0.39 is 6.04 Å². The molecular weight excluding hydrogens is 452 g/mol. The number of fused-ring (bicyclic) bond motifs is 1. The van der Waals surface area contributed by atoms with Gasteiger partial charge in [0, 0.05) is 45.3 Å². The molecule has 0 bridgehead atoms. The number of para-hydroxylation sites is 1. The summed E-state index contributed by atoms with van der Waals surface area (Å²) < 4.78 is 28.6. The zero-order valence-electron chi connectivity index (χ0n) is 20.7. The molecule has 9 nitrogen and oxygen atoms in total. The minimum absolute atomic E-state index is 0.00268. The molecule has 4 unspecified atom stereocenters. The summed E-state index contributed by atoms with van der Waals surface area (Å²) in [5.74, 6) is 0.756. The molecule has 9 heteroatoms. The van der Waals surface area contributed by atoms with E-state index in [4.69, 9.17) is 23.7 Å². The van der Waals surface area contributed by atoms with Crippen LogP contribution in [0.2, 0.25) is 0 Å². The van der Waals surface area contributed by atoms with E-state index >= 15 is 0 Å². The van der Waals surface area contributed by atoms with Crippen molar-refractivity contribution in [2.45, 2.75) is 37.5 Å². The van der Waals surface area contributed by atoms with Crippen LogP contribution in [0.15, 0.2) is 29.5 Å². The number of benzene rings is 1. The van der Waals surface area contributed by atoms with Crippen molar-refractivity contribution in [3.8, 4) is 11.5 Å². The normalized spacial score (nSPS) is 29.1. The van der Waals surface area contributed by atoms with Gasteiger partial charge in [-0.3, -0.25) is 14.5 Å². The van der Waals surface area contributed by atoms with E-state index in [9.17, 15) is 9.59 Å². The Morgan fingerprint density at radius 3 is 2.54 bits per heavy atom. The van der Waals surface area contributed by atoms with Crippen molar-refractivity contribution >= 4 is 11.7 Å². The van der Waals surface area contributed by atoms with Crippen molar-refractivity contribution in [1.82, 2.24) is 9.80 Å². The predicted molar refractivity (Wildman–Crippen MR) is 126 cm³/mol. The van der Waals surface area contributed by atoms with Crippen LogP contribution in [-0.2, 0) is 23.8 Å². The Balaban J connectivity index is 1.53. The lowest BCUT2D eigenvalue weighted by Gasteiger charge is -2.38. The van der Waals surface area contributed by atoms with Crippen LogP contribution in [0.3, 0.4) is 0 Å². The smallest absolute Gasteiger partial charge is 0.290 e. The summed E-state index contributed by atoms with van der Waals surface area (Å²) in [6, 6.07) is 4.99. The fourth-order valence-electron chi connectivity index (χ4n) is 5.85. The molecule has 3 heterocycles. The summed E-state index contributed by atoms with van der Waals surface area (Å²) in [7, 11) is 4.84. The molecule has 3 aliphatic heterocycles. The van der Waals surface area contributed by atoms with Gasteiger partial charge >= 0.3 is 0 Å². The van der Waals surface area contributed by atoms with Crippen molar-refractivity contribution in [1.29, 1.82) is 0 Å². The van der Waals surface area contributed by atoms with Gasteiger partial charge in [0.2, 0.25) is 0 Å². The van der Waals surface area contributed by atoms with E-state index in [2.05, 4.69) is 4.90 Å². The van der Waals surface area contributed by atoms with Gasteiger partial charge in [0.05, 0.1) is 51.1 Å². The molecule has 0 N–H and O–H groups in total. The molecule has 1 saturated heterocycles. The van der Waals surface area contributed by atoms with Crippen molar-refractivity contribution in [3.05, 3.63) is 35.1 Å². The molecule has 1 aromatic rings. The van der Waals surface area contributed by atoms with Crippen molar-refractivity contribution < 1.29 is 33.3 Å². The molecule has 35 heavy (non-hydrogen) atoms. The number of methoxy groups -OCH3 is 3. The third-order valence-electron chi connectivity index (χ3n) is 7.72. The molecule has 1 saturated carbocycles. The summed E-state index contributed by atoms with van der Waals surface area (Å²) >= 11 is 0. The van der Waals surface area contributed by atoms with Gasteiger partial charge in [-0.05, 0) is 18.9 Å². The number of ether oxygens (including phenoxy) is 5. The SMILES string of the molecule is COc1cccc(C2C3=C(OC4CC(OC)CCC4C3=O)C(=O)N2CCN2CCOCC2)c1OC. The first-order valence-electron chi connectivity index (χ1n) is 12.4. The zero-order valence-corrected chi connectivity index (χ0v) is 20.7. The first-order chi connectivity index (χ1) is 17.1. The molecule has 2 fully saturated rings. The number of hydrogen-bond donors (Lipinski definition) is 0. The average molecular weight is 487 g/mol. The number of rotatable bonds is 7. The number of ketones is 1. The summed E-state index contributed by atoms with van der Waals surface area (Å²) in [6.07, 6.45) is 1.79. The second kappa shape index (κ2) is 10.2. The van der Waals surface area contributed by atoms with Gasteiger partial charge in [-0.1, -0.05) is 12.1 Å². The fraction of sp³-hybridized carbons (Fsp3) is 0.615. The number of morpholine rings is 1. The van der Waals surface area contributed by atoms with E-state index in [1.807, 2.05) is 18.2 Å². The monoisotopic (exact) mass is 486 g/mol. The van der Waals surface area contributed by atoms with E-state index in [0.717, 1.165) is 25.1 Å². The number of carbonyl (C=O) groups excluding carboxylic acids is 2. The minimum Gasteiger partial charge on any atom is -0.493 e. The maximum Gasteiger partial charge on any atom is 0.290 e. The van der Waals surface area contributed by atoms with Crippen molar-refractivity contribution in [2.75, 3.05) is 60.7 Å². The molecule has 1 amide bonds. The standard InChI is InChI=1S/C26H34N2O7/c1-31-16-7-8-17-20(15-16)35-25-21(23(17)29)22(18-5-4-6-19(32-2)24(18)33-3)28(26(25)30)10-9-27-11-13-34-14-12-27/h4-6,16-17,20,22H,7-15H2,1-3H3. The second-order valence-electron chi connectivity index (χ2n) is 9.48. The van der Waals surface area contributed by atoms with Gasteiger partial charge in [-0.2, -0.15) is 0 Å². The predicted octanol–water partition coefficient (Wildman–Crippen LogP) is 1.96. The van der Waals surface area contributed by atoms with Gasteiger partial charge in [-0.25, -0.2) is 0 Å². The topological polar surface area (TPSA) is 86.8 Å². The van der Waals surface area contributed by atoms with E-state index in [1.165, 1.54) is 0 Å².